The highest BCUT2D eigenvalue weighted by Gasteiger charge is 2.20. The third-order valence-corrected chi connectivity index (χ3v) is 4.58. The fourth-order valence-electron chi connectivity index (χ4n) is 2.16. The first-order valence-electron chi connectivity index (χ1n) is 6.96. The molecule has 1 heterocycles. The number of aryl methyl sites for hydroxylation is 3. The minimum absolute atomic E-state index is 0.0250. The van der Waals surface area contributed by atoms with Crippen molar-refractivity contribution in [2.45, 2.75) is 40.2 Å². The SMILES string of the molecule is CCCNC(c1nc(C)c(C)s1)c1cc(F)ccc1C. The number of hydrogen-bond donors (Lipinski definition) is 1. The number of benzene rings is 1. The Labute approximate surface area is 124 Å². The Kier molecular flexibility index (Phi) is 4.89. The van der Waals surface area contributed by atoms with E-state index in [0.29, 0.717) is 0 Å². The molecule has 0 fully saturated rings. The van der Waals surface area contributed by atoms with Crippen molar-refractivity contribution in [1.29, 1.82) is 0 Å². The average molecular weight is 292 g/mol. The van der Waals surface area contributed by atoms with Crippen molar-refractivity contribution < 1.29 is 4.39 Å². The zero-order chi connectivity index (χ0) is 14.7. The molecule has 2 nitrogen and oxygen atoms in total. The molecule has 1 atom stereocenters. The van der Waals surface area contributed by atoms with Gasteiger partial charge in [0.25, 0.3) is 0 Å². The fraction of sp³-hybridized carbons (Fsp3) is 0.438. The van der Waals surface area contributed by atoms with Gasteiger partial charge in [-0.2, -0.15) is 0 Å². The van der Waals surface area contributed by atoms with Gasteiger partial charge in [-0.15, -0.1) is 11.3 Å². The van der Waals surface area contributed by atoms with E-state index < -0.39 is 0 Å². The monoisotopic (exact) mass is 292 g/mol. The number of nitrogens with zero attached hydrogens (tertiary/aromatic N) is 1. The summed E-state index contributed by atoms with van der Waals surface area (Å²) in [4.78, 5) is 5.86. The third-order valence-electron chi connectivity index (χ3n) is 3.44. The van der Waals surface area contributed by atoms with Crippen LogP contribution in [0, 0.1) is 26.6 Å². The van der Waals surface area contributed by atoms with E-state index in [1.54, 1.807) is 17.4 Å². The Morgan fingerprint density at radius 2 is 2.05 bits per heavy atom. The Hall–Kier alpha value is -1.26. The van der Waals surface area contributed by atoms with Crippen molar-refractivity contribution >= 4 is 11.3 Å². The minimum atomic E-state index is -0.195. The molecule has 0 amide bonds. The van der Waals surface area contributed by atoms with Crippen molar-refractivity contribution in [3.63, 3.8) is 0 Å². The van der Waals surface area contributed by atoms with E-state index in [9.17, 15) is 4.39 Å². The molecule has 0 bridgehead atoms. The Morgan fingerprint density at radius 1 is 1.30 bits per heavy atom. The van der Waals surface area contributed by atoms with Gasteiger partial charge in [0.05, 0.1) is 11.7 Å². The van der Waals surface area contributed by atoms with E-state index in [0.717, 1.165) is 34.8 Å². The molecule has 2 rings (SSSR count). The number of thiazole rings is 1. The molecule has 20 heavy (non-hydrogen) atoms. The van der Waals surface area contributed by atoms with Crippen LogP contribution in [0.1, 0.15) is 46.1 Å². The summed E-state index contributed by atoms with van der Waals surface area (Å²) < 4.78 is 13.6. The van der Waals surface area contributed by atoms with Crippen LogP contribution in [0.2, 0.25) is 0 Å². The molecule has 0 aliphatic rings. The molecule has 0 aliphatic heterocycles. The quantitative estimate of drug-likeness (QED) is 0.889. The van der Waals surface area contributed by atoms with Crippen LogP contribution in [0.4, 0.5) is 4.39 Å². The van der Waals surface area contributed by atoms with E-state index in [1.165, 1.54) is 10.9 Å². The Bertz CT molecular complexity index is 573. The molecule has 108 valence electrons. The fourth-order valence-corrected chi connectivity index (χ4v) is 3.18. The van der Waals surface area contributed by atoms with Crippen molar-refractivity contribution in [2.24, 2.45) is 0 Å². The Balaban J connectivity index is 2.43. The Morgan fingerprint density at radius 3 is 2.65 bits per heavy atom. The summed E-state index contributed by atoms with van der Waals surface area (Å²) in [6, 6.07) is 4.93. The van der Waals surface area contributed by atoms with Gasteiger partial charge in [-0.25, -0.2) is 9.37 Å². The lowest BCUT2D eigenvalue weighted by molar-refractivity contribution is 0.580. The summed E-state index contributed by atoms with van der Waals surface area (Å²) in [5, 5.41) is 4.51. The molecule has 0 saturated heterocycles. The molecule has 1 aromatic carbocycles. The molecule has 0 spiro atoms. The van der Waals surface area contributed by atoms with Gasteiger partial charge in [0.2, 0.25) is 0 Å². The van der Waals surface area contributed by atoms with Crippen LogP contribution in [-0.4, -0.2) is 11.5 Å². The molecule has 0 radical (unpaired) electrons. The van der Waals surface area contributed by atoms with Gasteiger partial charge in [0.1, 0.15) is 10.8 Å². The zero-order valence-corrected chi connectivity index (χ0v) is 13.3. The number of nitrogens with one attached hydrogen (secondary N) is 1. The zero-order valence-electron chi connectivity index (χ0n) is 12.5. The third kappa shape index (κ3) is 3.25. The van der Waals surface area contributed by atoms with E-state index in [-0.39, 0.29) is 11.9 Å². The van der Waals surface area contributed by atoms with Crippen molar-refractivity contribution in [3.05, 3.63) is 50.7 Å². The second-order valence-electron chi connectivity index (χ2n) is 5.08. The van der Waals surface area contributed by atoms with Crippen molar-refractivity contribution in [2.75, 3.05) is 6.54 Å². The molecular weight excluding hydrogens is 271 g/mol. The smallest absolute Gasteiger partial charge is 0.123 e. The second-order valence-corrected chi connectivity index (χ2v) is 6.32. The van der Waals surface area contributed by atoms with Gasteiger partial charge in [0.15, 0.2) is 0 Å². The molecular formula is C16H21FN2S. The maximum absolute atomic E-state index is 13.6. The lowest BCUT2D eigenvalue weighted by Gasteiger charge is -2.19. The highest BCUT2D eigenvalue weighted by atomic mass is 32.1. The van der Waals surface area contributed by atoms with Crippen LogP contribution in [0.3, 0.4) is 0 Å². The maximum atomic E-state index is 13.6. The molecule has 0 aliphatic carbocycles. The van der Waals surface area contributed by atoms with Crippen LogP contribution >= 0.6 is 11.3 Å². The minimum Gasteiger partial charge on any atom is -0.304 e. The summed E-state index contributed by atoms with van der Waals surface area (Å²) in [7, 11) is 0. The van der Waals surface area contributed by atoms with Crippen LogP contribution in [0.25, 0.3) is 0 Å². The first-order chi connectivity index (χ1) is 9.52. The standard InChI is InChI=1S/C16H21FN2S/c1-5-8-18-15(16-19-11(3)12(4)20-16)14-9-13(17)7-6-10(14)2/h6-7,9,15,18H,5,8H2,1-4H3. The maximum Gasteiger partial charge on any atom is 0.123 e. The molecule has 0 saturated carbocycles. The van der Waals surface area contributed by atoms with Gasteiger partial charge in [-0.1, -0.05) is 13.0 Å². The van der Waals surface area contributed by atoms with Crippen LogP contribution in [-0.2, 0) is 0 Å². The van der Waals surface area contributed by atoms with E-state index >= 15 is 0 Å². The molecule has 2 aromatic rings. The second kappa shape index (κ2) is 6.46. The van der Waals surface area contributed by atoms with Crippen LogP contribution < -0.4 is 5.32 Å². The van der Waals surface area contributed by atoms with Gasteiger partial charge in [-0.3, -0.25) is 0 Å². The average Bonchev–Trinajstić information content (AvgIpc) is 2.74. The largest absolute Gasteiger partial charge is 0.304 e. The molecule has 4 heteroatoms. The van der Waals surface area contributed by atoms with Gasteiger partial charge < -0.3 is 5.32 Å². The number of halogens is 1. The van der Waals surface area contributed by atoms with Crippen molar-refractivity contribution in [3.8, 4) is 0 Å². The molecule has 1 N–H and O–H groups in total. The summed E-state index contributed by atoms with van der Waals surface area (Å²) in [5.41, 5.74) is 3.13. The molecule has 1 unspecified atom stereocenters. The number of rotatable bonds is 5. The summed E-state index contributed by atoms with van der Waals surface area (Å²) in [5.74, 6) is -0.195. The van der Waals surface area contributed by atoms with Gasteiger partial charge >= 0.3 is 0 Å². The van der Waals surface area contributed by atoms with Crippen LogP contribution in [0.5, 0.6) is 0 Å². The van der Waals surface area contributed by atoms with E-state index in [2.05, 4.69) is 24.1 Å². The predicted molar refractivity (Wildman–Crippen MR) is 82.9 cm³/mol. The summed E-state index contributed by atoms with van der Waals surface area (Å²) in [6.45, 7) is 9.12. The normalized spacial score (nSPS) is 12.7. The van der Waals surface area contributed by atoms with E-state index in [4.69, 9.17) is 0 Å². The number of hydrogen-bond acceptors (Lipinski definition) is 3. The van der Waals surface area contributed by atoms with Crippen molar-refractivity contribution in [1.82, 2.24) is 10.3 Å². The highest BCUT2D eigenvalue weighted by molar-refractivity contribution is 7.11. The lowest BCUT2D eigenvalue weighted by atomic mass is 10.0. The van der Waals surface area contributed by atoms with Gasteiger partial charge in [-0.05, 0) is 57.0 Å². The highest BCUT2D eigenvalue weighted by Crippen LogP contribution is 2.30. The first-order valence-corrected chi connectivity index (χ1v) is 7.78. The summed E-state index contributed by atoms with van der Waals surface area (Å²) in [6.07, 6.45) is 1.04. The van der Waals surface area contributed by atoms with Crippen LogP contribution in [0.15, 0.2) is 18.2 Å². The topological polar surface area (TPSA) is 24.9 Å². The first kappa shape index (κ1) is 15.1. The predicted octanol–water partition coefficient (Wildman–Crippen LogP) is 4.30. The summed E-state index contributed by atoms with van der Waals surface area (Å²) >= 11 is 1.69. The van der Waals surface area contributed by atoms with Gasteiger partial charge in [0, 0.05) is 4.88 Å². The lowest BCUT2D eigenvalue weighted by Crippen LogP contribution is -2.24. The molecule has 1 aromatic heterocycles. The number of aromatic nitrogens is 1. The van der Waals surface area contributed by atoms with E-state index in [1.807, 2.05) is 19.9 Å².